The highest BCUT2D eigenvalue weighted by molar-refractivity contribution is 5.97. The van der Waals surface area contributed by atoms with E-state index in [4.69, 9.17) is 5.26 Å². The van der Waals surface area contributed by atoms with Crippen LogP contribution in [0.25, 0.3) is 10.9 Å². The number of anilines is 1. The van der Waals surface area contributed by atoms with Crippen LogP contribution in [0.5, 0.6) is 0 Å². The number of hydrogen-bond donors (Lipinski definition) is 2. The number of pyridine rings is 1. The molecule has 3 rings (SSSR count). The van der Waals surface area contributed by atoms with Gasteiger partial charge in [-0.05, 0) is 38.1 Å². The van der Waals surface area contributed by atoms with Crippen LogP contribution in [0.2, 0.25) is 0 Å². The molecule has 2 aromatic heterocycles. The summed E-state index contributed by atoms with van der Waals surface area (Å²) in [6.45, 7) is 2.45. The molecule has 0 radical (unpaired) electrons. The summed E-state index contributed by atoms with van der Waals surface area (Å²) in [4.78, 5) is 15.9. The van der Waals surface area contributed by atoms with Gasteiger partial charge in [0.1, 0.15) is 11.9 Å². The first-order valence-corrected chi connectivity index (χ1v) is 8.56. The number of rotatable bonds is 4. The summed E-state index contributed by atoms with van der Waals surface area (Å²) >= 11 is 0. The predicted molar refractivity (Wildman–Crippen MR) is 97.6 cm³/mol. The average molecular weight is 421 g/mol. The van der Waals surface area contributed by atoms with Crippen LogP contribution in [0, 0.1) is 24.1 Å². The zero-order valence-corrected chi connectivity index (χ0v) is 15.8. The fourth-order valence-corrected chi connectivity index (χ4v) is 2.90. The van der Waals surface area contributed by atoms with E-state index in [1.54, 1.807) is 6.92 Å². The number of amides is 1. The van der Waals surface area contributed by atoms with Crippen LogP contribution in [0.15, 0.2) is 30.5 Å². The first kappa shape index (κ1) is 21.2. The van der Waals surface area contributed by atoms with Crippen molar-refractivity contribution >= 4 is 22.5 Å². The quantitative estimate of drug-likeness (QED) is 0.630. The number of aromatic nitrogens is 3. The zero-order chi connectivity index (χ0) is 22.3. The maximum Gasteiger partial charge on any atom is 0.419 e. The van der Waals surface area contributed by atoms with Gasteiger partial charge in [0.25, 0.3) is 5.91 Å². The van der Waals surface area contributed by atoms with Crippen molar-refractivity contribution in [1.29, 1.82) is 5.26 Å². The molecule has 3 aromatic rings. The molecule has 2 heterocycles. The summed E-state index contributed by atoms with van der Waals surface area (Å²) in [5.41, 5.74) is -3.61. The predicted octanol–water partition coefficient (Wildman–Crippen LogP) is 3.16. The number of alkyl halides is 3. The Hall–Kier alpha value is -3.52. The van der Waals surface area contributed by atoms with E-state index in [1.807, 2.05) is 0 Å². The van der Waals surface area contributed by atoms with Crippen LogP contribution in [-0.2, 0) is 17.5 Å². The van der Waals surface area contributed by atoms with E-state index in [0.717, 1.165) is 13.1 Å². The third-order valence-electron chi connectivity index (χ3n) is 4.40. The summed E-state index contributed by atoms with van der Waals surface area (Å²) in [5, 5.41) is 26.2. The van der Waals surface area contributed by atoms with Crippen molar-refractivity contribution in [2.24, 2.45) is 0 Å². The van der Waals surface area contributed by atoms with Gasteiger partial charge in [-0.3, -0.25) is 9.48 Å². The van der Waals surface area contributed by atoms with Gasteiger partial charge in [-0.15, -0.1) is 0 Å². The second kappa shape index (κ2) is 7.38. The number of aryl methyl sites for hydroxylation is 1. The van der Waals surface area contributed by atoms with Gasteiger partial charge in [0.2, 0.25) is 0 Å². The van der Waals surface area contributed by atoms with Crippen LogP contribution in [0.1, 0.15) is 23.9 Å². The molecule has 30 heavy (non-hydrogen) atoms. The number of hydrogen-bond acceptors (Lipinski definition) is 5. The lowest BCUT2D eigenvalue weighted by Gasteiger charge is -2.23. The SMILES string of the molecule is Cc1nn(C[C@](C)(O)C(=O)Nc2cnc(C#N)c(C(F)(F)F)c2)c2ccc(F)cc12. The van der Waals surface area contributed by atoms with Crippen molar-refractivity contribution in [3.63, 3.8) is 0 Å². The molecule has 0 aliphatic rings. The molecular weight excluding hydrogens is 406 g/mol. The van der Waals surface area contributed by atoms with Gasteiger partial charge < -0.3 is 10.4 Å². The van der Waals surface area contributed by atoms with Gasteiger partial charge in [-0.1, -0.05) is 0 Å². The van der Waals surface area contributed by atoms with Crippen LogP contribution in [0.4, 0.5) is 23.2 Å². The Balaban J connectivity index is 1.86. The molecule has 156 valence electrons. The Morgan fingerprint density at radius 1 is 1.33 bits per heavy atom. The van der Waals surface area contributed by atoms with Gasteiger partial charge >= 0.3 is 6.18 Å². The number of nitrogens with one attached hydrogen (secondary N) is 1. The molecule has 0 saturated heterocycles. The Morgan fingerprint density at radius 3 is 2.67 bits per heavy atom. The van der Waals surface area contributed by atoms with Crippen LogP contribution in [0.3, 0.4) is 0 Å². The molecular formula is C19H15F4N5O2. The maximum absolute atomic E-state index is 13.4. The fourth-order valence-electron chi connectivity index (χ4n) is 2.90. The Kier molecular flexibility index (Phi) is 5.22. The van der Waals surface area contributed by atoms with Crippen molar-refractivity contribution in [3.05, 3.63) is 53.2 Å². The van der Waals surface area contributed by atoms with E-state index in [0.29, 0.717) is 22.7 Å². The summed E-state index contributed by atoms with van der Waals surface area (Å²) in [6, 6.07) is 5.82. The van der Waals surface area contributed by atoms with Gasteiger partial charge in [-0.25, -0.2) is 9.37 Å². The summed E-state index contributed by atoms with van der Waals surface area (Å²) < 4.78 is 53.9. The van der Waals surface area contributed by atoms with Gasteiger partial charge in [-0.2, -0.15) is 23.5 Å². The number of halogens is 4. The third-order valence-corrected chi connectivity index (χ3v) is 4.40. The second-order valence-corrected chi connectivity index (χ2v) is 6.86. The smallest absolute Gasteiger partial charge is 0.378 e. The standard InChI is InChI=1S/C19H15F4N5O2/c1-10-13-5-11(20)3-4-16(13)28(27-10)9-18(2,30)17(29)26-12-6-14(19(21,22)23)15(7-24)25-8-12/h3-6,8,30H,9H2,1-2H3,(H,26,29)/t18-/m0/s1. The Labute approximate surface area is 167 Å². The van der Waals surface area contributed by atoms with E-state index in [1.165, 1.54) is 29.0 Å². The Bertz CT molecular complexity index is 1180. The molecule has 1 aromatic carbocycles. The number of nitrogens with zero attached hydrogens (tertiary/aromatic N) is 4. The average Bonchev–Trinajstić information content (AvgIpc) is 2.95. The minimum atomic E-state index is -4.85. The van der Waals surface area contributed by atoms with E-state index < -0.39 is 34.8 Å². The maximum atomic E-state index is 13.4. The highest BCUT2D eigenvalue weighted by Crippen LogP contribution is 2.32. The molecule has 0 aliphatic heterocycles. The lowest BCUT2D eigenvalue weighted by molar-refractivity contribution is -0.138. The normalized spacial score (nSPS) is 13.7. The van der Waals surface area contributed by atoms with Crippen molar-refractivity contribution in [3.8, 4) is 6.07 Å². The molecule has 0 bridgehead atoms. The van der Waals surface area contributed by atoms with Crippen molar-refractivity contribution in [2.45, 2.75) is 32.2 Å². The first-order valence-electron chi connectivity index (χ1n) is 8.56. The molecule has 0 unspecified atom stereocenters. The Morgan fingerprint density at radius 2 is 2.03 bits per heavy atom. The monoisotopic (exact) mass is 421 g/mol. The number of aliphatic hydroxyl groups is 1. The molecule has 1 atom stereocenters. The highest BCUT2D eigenvalue weighted by Gasteiger charge is 2.36. The highest BCUT2D eigenvalue weighted by atomic mass is 19.4. The van der Waals surface area contributed by atoms with Gasteiger partial charge in [0.05, 0.1) is 35.2 Å². The topological polar surface area (TPSA) is 104 Å². The largest absolute Gasteiger partial charge is 0.419 e. The molecule has 2 N–H and O–H groups in total. The molecule has 0 aliphatic carbocycles. The van der Waals surface area contributed by atoms with E-state index in [2.05, 4.69) is 15.4 Å². The molecule has 11 heteroatoms. The van der Waals surface area contributed by atoms with E-state index in [9.17, 15) is 27.5 Å². The number of fused-ring (bicyclic) bond motifs is 1. The third kappa shape index (κ3) is 4.08. The zero-order valence-electron chi connectivity index (χ0n) is 15.8. The minimum absolute atomic E-state index is 0.338. The summed E-state index contributed by atoms with van der Waals surface area (Å²) in [6.07, 6.45) is -3.96. The van der Waals surface area contributed by atoms with E-state index >= 15 is 0 Å². The number of carbonyl (C=O) groups excluding carboxylic acids is 1. The van der Waals surface area contributed by atoms with Gasteiger partial charge in [0, 0.05) is 5.39 Å². The first-order chi connectivity index (χ1) is 13.9. The second-order valence-electron chi connectivity index (χ2n) is 6.86. The summed E-state index contributed by atoms with van der Waals surface area (Å²) in [7, 11) is 0. The number of nitriles is 1. The van der Waals surface area contributed by atoms with Gasteiger partial charge in [0.15, 0.2) is 11.3 Å². The van der Waals surface area contributed by atoms with Crippen molar-refractivity contribution < 1.29 is 27.5 Å². The van der Waals surface area contributed by atoms with Crippen LogP contribution in [-0.4, -0.2) is 31.4 Å². The number of carbonyl (C=O) groups is 1. The lowest BCUT2D eigenvalue weighted by atomic mass is 10.1. The summed E-state index contributed by atoms with van der Waals surface area (Å²) in [5.74, 6) is -1.48. The molecule has 7 nitrogen and oxygen atoms in total. The number of benzene rings is 1. The minimum Gasteiger partial charge on any atom is -0.378 e. The molecule has 0 fully saturated rings. The van der Waals surface area contributed by atoms with Crippen molar-refractivity contribution in [2.75, 3.05) is 5.32 Å². The molecule has 0 saturated carbocycles. The van der Waals surface area contributed by atoms with Crippen LogP contribution < -0.4 is 5.32 Å². The van der Waals surface area contributed by atoms with Crippen molar-refractivity contribution in [1.82, 2.24) is 14.8 Å². The molecule has 1 amide bonds. The molecule has 0 spiro atoms. The lowest BCUT2D eigenvalue weighted by Crippen LogP contribution is -2.44. The van der Waals surface area contributed by atoms with Crippen LogP contribution >= 0.6 is 0 Å². The fraction of sp³-hybridized carbons (Fsp3) is 0.263. The van der Waals surface area contributed by atoms with E-state index in [-0.39, 0.29) is 12.2 Å².